The number of hydrogen-bond acceptors (Lipinski definition) is 5. The van der Waals surface area contributed by atoms with Gasteiger partial charge in [0, 0.05) is 0 Å². The van der Waals surface area contributed by atoms with Crippen LogP contribution >= 0.6 is 0 Å². The highest BCUT2D eigenvalue weighted by Crippen LogP contribution is 2.10. The third-order valence-electron chi connectivity index (χ3n) is 2.96. The summed E-state index contributed by atoms with van der Waals surface area (Å²) in [5.74, 6) is -0.394. The Bertz CT molecular complexity index is 647. The van der Waals surface area contributed by atoms with E-state index in [1.54, 1.807) is 37.3 Å². The van der Waals surface area contributed by atoms with Gasteiger partial charge in [-0.25, -0.2) is 4.79 Å². The summed E-state index contributed by atoms with van der Waals surface area (Å²) in [7, 11) is -3.38. The average Bonchev–Trinajstić information content (AvgIpc) is 2.50. The molecule has 0 aliphatic heterocycles. The second-order valence-electron chi connectivity index (χ2n) is 5.06. The third-order valence-corrected chi connectivity index (χ3v) is 3.55. The Morgan fingerprint density at radius 3 is 2.57 bits per heavy atom. The van der Waals surface area contributed by atoms with Crippen molar-refractivity contribution in [1.29, 1.82) is 0 Å². The maximum atomic E-state index is 11.9. The Morgan fingerprint density at radius 1 is 1.30 bits per heavy atom. The second kappa shape index (κ2) is 9.27. The zero-order chi connectivity index (χ0) is 17.3. The quantitative estimate of drug-likeness (QED) is 0.299. The van der Waals surface area contributed by atoms with Gasteiger partial charge in [0.15, 0.2) is 0 Å². The smallest absolute Gasteiger partial charge is 0.338 e. The van der Waals surface area contributed by atoms with Crippen LogP contribution in [0.4, 0.5) is 0 Å². The molecule has 0 heterocycles. The number of esters is 1. The van der Waals surface area contributed by atoms with E-state index in [-0.39, 0.29) is 6.61 Å². The van der Waals surface area contributed by atoms with Crippen molar-refractivity contribution in [2.75, 3.05) is 12.9 Å². The van der Waals surface area contributed by atoms with Crippen molar-refractivity contribution >= 4 is 16.1 Å². The van der Waals surface area contributed by atoms with Crippen molar-refractivity contribution in [1.82, 2.24) is 0 Å². The van der Waals surface area contributed by atoms with Crippen molar-refractivity contribution in [3.05, 3.63) is 60.2 Å². The monoisotopic (exact) mass is 338 g/mol. The molecule has 1 atom stereocenters. The molecular weight excluding hydrogens is 316 g/mol. The zero-order valence-electron chi connectivity index (χ0n) is 13.4. The molecule has 6 heteroatoms. The van der Waals surface area contributed by atoms with Gasteiger partial charge in [-0.1, -0.05) is 36.9 Å². The first-order chi connectivity index (χ1) is 10.8. The summed E-state index contributed by atoms with van der Waals surface area (Å²) in [6, 6.07) is 8.75. The molecule has 1 rings (SSSR count). The van der Waals surface area contributed by atoms with Gasteiger partial charge in [-0.2, -0.15) is 8.42 Å². The van der Waals surface area contributed by atoms with E-state index in [0.29, 0.717) is 24.0 Å². The molecule has 0 fully saturated rings. The van der Waals surface area contributed by atoms with Gasteiger partial charge in [0.2, 0.25) is 0 Å². The molecule has 0 saturated heterocycles. The molecule has 0 amide bonds. The summed E-state index contributed by atoms with van der Waals surface area (Å²) in [6.07, 6.45) is 5.42. The third kappa shape index (κ3) is 8.32. The molecule has 5 nitrogen and oxygen atoms in total. The van der Waals surface area contributed by atoms with Crippen molar-refractivity contribution < 1.29 is 22.1 Å². The van der Waals surface area contributed by atoms with Gasteiger partial charge in [-0.15, -0.1) is 0 Å². The standard InChI is InChI=1S/C17H22O5S/c1-14(10-6-5-9-13-21-23(3,19)20)15(2)22-17(18)16-11-7-4-8-12-16/h4,6-8,10-12,15H,1,5,9,13H2,2-3H3/b10-6+. The molecule has 1 unspecified atom stereocenters. The SMILES string of the molecule is C=C(/C=C/CCCOS(C)(=O)=O)C(C)OC(=O)c1ccccc1. The van der Waals surface area contributed by atoms with Crippen LogP contribution in [0.5, 0.6) is 0 Å². The van der Waals surface area contributed by atoms with Crippen LogP contribution in [0.1, 0.15) is 30.1 Å². The first kappa shape index (κ1) is 19.1. The minimum absolute atomic E-state index is 0.147. The summed E-state index contributed by atoms with van der Waals surface area (Å²) in [6.45, 7) is 5.76. The van der Waals surface area contributed by atoms with Gasteiger partial charge in [-0.3, -0.25) is 4.18 Å². The van der Waals surface area contributed by atoms with E-state index in [2.05, 4.69) is 10.8 Å². The van der Waals surface area contributed by atoms with E-state index in [0.717, 1.165) is 6.26 Å². The maximum Gasteiger partial charge on any atom is 0.338 e. The summed E-state index contributed by atoms with van der Waals surface area (Å²) < 4.78 is 31.5. The fraction of sp³-hybridized carbons (Fsp3) is 0.353. The Labute approximate surface area is 137 Å². The number of allylic oxidation sites excluding steroid dienone is 1. The first-order valence-electron chi connectivity index (χ1n) is 7.25. The van der Waals surface area contributed by atoms with Gasteiger partial charge in [-0.05, 0) is 37.5 Å². The van der Waals surface area contributed by atoms with Gasteiger partial charge in [0.05, 0.1) is 18.4 Å². The number of hydrogen-bond donors (Lipinski definition) is 0. The van der Waals surface area contributed by atoms with E-state index in [4.69, 9.17) is 4.74 Å². The molecule has 126 valence electrons. The zero-order valence-corrected chi connectivity index (χ0v) is 14.2. The van der Waals surface area contributed by atoms with E-state index in [1.807, 2.05) is 12.1 Å². The number of benzene rings is 1. The van der Waals surface area contributed by atoms with Crippen molar-refractivity contribution in [2.24, 2.45) is 0 Å². The average molecular weight is 338 g/mol. The van der Waals surface area contributed by atoms with Gasteiger partial charge >= 0.3 is 5.97 Å². The molecule has 1 aromatic carbocycles. The minimum Gasteiger partial charge on any atom is -0.454 e. The predicted molar refractivity (Wildman–Crippen MR) is 89.6 cm³/mol. The molecule has 23 heavy (non-hydrogen) atoms. The van der Waals surface area contributed by atoms with Crippen molar-refractivity contribution in [3.63, 3.8) is 0 Å². The molecule has 0 N–H and O–H groups in total. The Kier molecular flexibility index (Phi) is 7.71. The predicted octanol–water partition coefficient (Wildman–Crippen LogP) is 3.10. The van der Waals surface area contributed by atoms with Gasteiger partial charge < -0.3 is 4.74 Å². The highest BCUT2D eigenvalue weighted by Gasteiger charge is 2.12. The van der Waals surface area contributed by atoms with Gasteiger partial charge in [0.1, 0.15) is 6.10 Å². The Hall–Kier alpha value is -1.92. The van der Waals surface area contributed by atoms with E-state index in [1.165, 1.54) is 0 Å². The van der Waals surface area contributed by atoms with Crippen LogP contribution in [-0.2, 0) is 19.0 Å². The van der Waals surface area contributed by atoms with Crippen LogP contribution in [0.25, 0.3) is 0 Å². The Balaban J connectivity index is 2.33. The Morgan fingerprint density at radius 2 is 1.96 bits per heavy atom. The van der Waals surface area contributed by atoms with Crippen LogP contribution in [0, 0.1) is 0 Å². The maximum absolute atomic E-state index is 11.9. The molecule has 0 bridgehead atoms. The summed E-state index contributed by atoms with van der Waals surface area (Å²) in [5, 5.41) is 0. The fourth-order valence-corrected chi connectivity index (χ4v) is 2.08. The molecular formula is C17H22O5S. The topological polar surface area (TPSA) is 69.7 Å². The minimum atomic E-state index is -3.38. The number of unbranched alkanes of at least 4 members (excludes halogenated alkanes) is 1. The second-order valence-corrected chi connectivity index (χ2v) is 6.70. The van der Waals surface area contributed by atoms with E-state index in [9.17, 15) is 13.2 Å². The number of carbonyl (C=O) groups is 1. The molecule has 1 aromatic rings. The van der Waals surface area contributed by atoms with E-state index >= 15 is 0 Å². The van der Waals surface area contributed by atoms with Crippen LogP contribution in [0.2, 0.25) is 0 Å². The highest BCUT2D eigenvalue weighted by atomic mass is 32.2. The van der Waals surface area contributed by atoms with Crippen LogP contribution < -0.4 is 0 Å². The van der Waals surface area contributed by atoms with Crippen molar-refractivity contribution in [2.45, 2.75) is 25.9 Å². The van der Waals surface area contributed by atoms with E-state index < -0.39 is 22.2 Å². The summed E-state index contributed by atoms with van der Waals surface area (Å²) in [5.41, 5.74) is 1.16. The largest absolute Gasteiger partial charge is 0.454 e. The number of carbonyl (C=O) groups excluding carboxylic acids is 1. The first-order valence-corrected chi connectivity index (χ1v) is 9.07. The number of ether oxygens (including phenoxy) is 1. The van der Waals surface area contributed by atoms with Crippen LogP contribution in [-0.4, -0.2) is 33.4 Å². The van der Waals surface area contributed by atoms with Crippen LogP contribution in [0.15, 0.2) is 54.6 Å². The molecule has 0 radical (unpaired) electrons. The molecule has 0 saturated carbocycles. The lowest BCUT2D eigenvalue weighted by Crippen LogP contribution is -2.16. The lowest BCUT2D eigenvalue weighted by Gasteiger charge is -2.13. The van der Waals surface area contributed by atoms with Crippen molar-refractivity contribution in [3.8, 4) is 0 Å². The highest BCUT2D eigenvalue weighted by molar-refractivity contribution is 7.85. The molecule has 0 aliphatic carbocycles. The lowest BCUT2D eigenvalue weighted by molar-refractivity contribution is 0.0412. The molecule has 0 aromatic heterocycles. The van der Waals surface area contributed by atoms with Crippen LogP contribution in [0.3, 0.4) is 0 Å². The fourth-order valence-electron chi connectivity index (χ4n) is 1.66. The molecule has 0 spiro atoms. The van der Waals surface area contributed by atoms with Gasteiger partial charge in [0.25, 0.3) is 10.1 Å². The lowest BCUT2D eigenvalue weighted by atomic mass is 10.1. The molecule has 0 aliphatic rings. The summed E-state index contributed by atoms with van der Waals surface area (Å²) in [4.78, 5) is 11.9. The number of rotatable bonds is 9. The summed E-state index contributed by atoms with van der Waals surface area (Å²) >= 11 is 0. The normalized spacial score (nSPS) is 13.0.